The largest absolute Gasteiger partial charge is 0.340 e. The molecule has 4 heteroatoms. The monoisotopic (exact) mass is 268 g/mol. The zero-order valence-corrected chi connectivity index (χ0v) is 13.3. The Balaban J connectivity index is 3.10. The second-order valence-corrected chi connectivity index (χ2v) is 7.25. The molecule has 1 N–H and O–H groups in total. The highest BCUT2D eigenvalue weighted by molar-refractivity contribution is 5.99. The standard InChI is InChI=1S/C15H28N2O2/c1-8-14(4,5)9-17-11(10(2)3)12(18)16-15(6,7)13(17)19/h10-11H,8-9H2,1-7H3,(H,16,18). The zero-order chi connectivity index (χ0) is 15.0. The fourth-order valence-corrected chi connectivity index (χ4v) is 2.47. The number of hydrogen-bond acceptors (Lipinski definition) is 2. The van der Waals surface area contributed by atoms with Gasteiger partial charge in [0.2, 0.25) is 11.8 Å². The first-order valence-corrected chi connectivity index (χ1v) is 7.15. The summed E-state index contributed by atoms with van der Waals surface area (Å²) in [5.74, 6) is 0.103. The van der Waals surface area contributed by atoms with Crippen molar-refractivity contribution >= 4 is 11.8 Å². The van der Waals surface area contributed by atoms with Gasteiger partial charge in [0.1, 0.15) is 11.6 Å². The minimum atomic E-state index is -0.799. The van der Waals surface area contributed by atoms with E-state index < -0.39 is 5.54 Å². The first kappa shape index (κ1) is 16.0. The molecule has 19 heavy (non-hydrogen) atoms. The summed E-state index contributed by atoms with van der Waals surface area (Å²) in [4.78, 5) is 26.7. The van der Waals surface area contributed by atoms with E-state index in [9.17, 15) is 9.59 Å². The summed E-state index contributed by atoms with van der Waals surface area (Å²) in [5.41, 5.74) is -0.775. The number of nitrogens with zero attached hydrogens (tertiary/aromatic N) is 1. The Morgan fingerprint density at radius 3 is 2.26 bits per heavy atom. The second kappa shape index (κ2) is 5.14. The minimum Gasteiger partial charge on any atom is -0.340 e. The second-order valence-electron chi connectivity index (χ2n) is 7.25. The highest BCUT2D eigenvalue weighted by atomic mass is 16.2. The molecule has 0 aromatic rings. The summed E-state index contributed by atoms with van der Waals surface area (Å²) in [6.07, 6.45) is 0.976. The molecule has 1 heterocycles. The van der Waals surface area contributed by atoms with Gasteiger partial charge >= 0.3 is 0 Å². The van der Waals surface area contributed by atoms with Crippen LogP contribution < -0.4 is 5.32 Å². The predicted octanol–water partition coefficient (Wildman–Crippen LogP) is 2.18. The maximum atomic E-state index is 12.6. The quantitative estimate of drug-likeness (QED) is 0.849. The van der Waals surface area contributed by atoms with Crippen LogP contribution in [0.25, 0.3) is 0 Å². The van der Waals surface area contributed by atoms with Crippen molar-refractivity contribution in [2.75, 3.05) is 6.54 Å². The molecule has 2 amide bonds. The van der Waals surface area contributed by atoms with E-state index in [0.717, 1.165) is 6.42 Å². The van der Waals surface area contributed by atoms with Crippen LogP contribution in [-0.4, -0.2) is 34.8 Å². The molecule has 1 saturated heterocycles. The summed E-state index contributed by atoms with van der Waals surface area (Å²) in [6.45, 7) is 14.5. The summed E-state index contributed by atoms with van der Waals surface area (Å²) in [6, 6.07) is -0.355. The third-order valence-electron chi connectivity index (χ3n) is 4.02. The average Bonchev–Trinajstić information content (AvgIpc) is 2.24. The number of carbonyl (C=O) groups excluding carboxylic acids is 2. The van der Waals surface area contributed by atoms with Gasteiger partial charge in [-0.2, -0.15) is 0 Å². The Morgan fingerprint density at radius 1 is 1.32 bits per heavy atom. The number of carbonyl (C=O) groups is 2. The van der Waals surface area contributed by atoms with E-state index >= 15 is 0 Å². The average molecular weight is 268 g/mol. The van der Waals surface area contributed by atoms with Gasteiger partial charge in [-0.3, -0.25) is 9.59 Å². The van der Waals surface area contributed by atoms with Crippen molar-refractivity contribution in [1.29, 1.82) is 0 Å². The lowest BCUT2D eigenvalue weighted by atomic mass is 9.85. The highest BCUT2D eigenvalue weighted by Crippen LogP contribution is 2.29. The lowest BCUT2D eigenvalue weighted by Gasteiger charge is -2.46. The van der Waals surface area contributed by atoms with Crippen LogP contribution in [0.5, 0.6) is 0 Å². The minimum absolute atomic E-state index is 0.0207. The van der Waals surface area contributed by atoms with Gasteiger partial charge in [-0.1, -0.05) is 34.6 Å². The SMILES string of the molecule is CCC(C)(C)CN1C(=O)C(C)(C)NC(=O)C1C(C)C. The van der Waals surface area contributed by atoms with E-state index in [2.05, 4.69) is 26.1 Å². The van der Waals surface area contributed by atoms with Crippen LogP contribution in [0.3, 0.4) is 0 Å². The topological polar surface area (TPSA) is 49.4 Å². The van der Waals surface area contributed by atoms with Gasteiger partial charge < -0.3 is 10.2 Å². The number of piperazine rings is 1. The first-order chi connectivity index (χ1) is 8.52. The summed E-state index contributed by atoms with van der Waals surface area (Å²) < 4.78 is 0. The van der Waals surface area contributed by atoms with Crippen LogP contribution in [0.2, 0.25) is 0 Å². The van der Waals surface area contributed by atoms with Gasteiger partial charge in [0.15, 0.2) is 0 Å². The molecule has 1 unspecified atom stereocenters. The molecule has 1 atom stereocenters. The van der Waals surface area contributed by atoms with Crippen LogP contribution in [0.4, 0.5) is 0 Å². The highest BCUT2D eigenvalue weighted by Gasteiger charge is 2.47. The first-order valence-electron chi connectivity index (χ1n) is 7.15. The molecular weight excluding hydrogens is 240 g/mol. The van der Waals surface area contributed by atoms with Crippen LogP contribution >= 0.6 is 0 Å². The van der Waals surface area contributed by atoms with Crippen LogP contribution in [0.1, 0.15) is 54.9 Å². The van der Waals surface area contributed by atoms with E-state index in [0.29, 0.717) is 6.54 Å². The number of amides is 2. The number of rotatable bonds is 4. The van der Waals surface area contributed by atoms with Gasteiger partial charge in [-0.25, -0.2) is 0 Å². The van der Waals surface area contributed by atoms with Gasteiger partial charge in [0, 0.05) is 6.54 Å². The Kier molecular flexibility index (Phi) is 4.33. The van der Waals surface area contributed by atoms with E-state index in [1.54, 1.807) is 18.7 Å². The van der Waals surface area contributed by atoms with Crippen LogP contribution in [0, 0.1) is 11.3 Å². The fraction of sp³-hybridized carbons (Fsp3) is 0.867. The van der Waals surface area contributed by atoms with Crippen LogP contribution in [0.15, 0.2) is 0 Å². The molecule has 0 aromatic heterocycles. The Labute approximate surface area is 116 Å². The van der Waals surface area contributed by atoms with Crippen LogP contribution in [-0.2, 0) is 9.59 Å². The summed E-state index contributed by atoms with van der Waals surface area (Å²) in [7, 11) is 0. The van der Waals surface area contributed by atoms with Crippen molar-refractivity contribution in [1.82, 2.24) is 10.2 Å². The van der Waals surface area contributed by atoms with Gasteiger partial charge in [-0.05, 0) is 31.6 Å². The zero-order valence-electron chi connectivity index (χ0n) is 13.3. The molecule has 0 spiro atoms. The van der Waals surface area contributed by atoms with E-state index in [-0.39, 0.29) is 29.2 Å². The van der Waals surface area contributed by atoms with E-state index in [1.807, 2.05) is 13.8 Å². The lowest BCUT2D eigenvalue weighted by molar-refractivity contribution is -0.157. The van der Waals surface area contributed by atoms with Crippen molar-refractivity contribution in [2.45, 2.75) is 66.5 Å². The van der Waals surface area contributed by atoms with Gasteiger partial charge in [0.25, 0.3) is 0 Å². The molecule has 110 valence electrons. The summed E-state index contributed by atoms with van der Waals surface area (Å²) in [5, 5.41) is 2.84. The molecule has 1 fully saturated rings. The van der Waals surface area contributed by atoms with Gasteiger partial charge in [-0.15, -0.1) is 0 Å². The molecule has 1 aliphatic heterocycles. The van der Waals surface area contributed by atoms with Crippen molar-refractivity contribution in [3.05, 3.63) is 0 Å². The molecule has 0 aliphatic carbocycles. The van der Waals surface area contributed by atoms with E-state index in [4.69, 9.17) is 0 Å². The lowest BCUT2D eigenvalue weighted by Crippen LogP contribution is -2.70. The Hall–Kier alpha value is -1.06. The molecule has 0 aromatic carbocycles. The molecule has 1 rings (SSSR count). The third kappa shape index (κ3) is 3.28. The maximum Gasteiger partial charge on any atom is 0.248 e. The molecule has 0 bridgehead atoms. The molecule has 0 radical (unpaired) electrons. The summed E-state index contributed by atoms with van der Waals surface area (Å²) >= 11 is 0. The predicted molar refractivity (Wildman–Crippen MR) is 76.6 cm³/mol. The Morgan fingerprint density at radius 2 is 1.84 bits per heavy atom. The molecule has 1 aliphatic rings. The normalized spacial score (nSPS) is 23.8. The third-order valence-corrected chi connectivity index (χ3v) is 4.02. The molecule has 4 nitrogen and oxygen atoms in total. The Bertz CT molecular complexity index is 372. The molecular formula is C15H28N2O2. The van der Waals surface area contributed by atoms with E-state index in [1.165, 1.54) is 0 Å². The van der Waals surface area contributed by atoms with Crippen molar-refractivity contribution in [3.8, 4) is 0 Å². The number of hydrogen-bond donors (Lipinski definition) is 1. The van der Waals surface area contributed by atoms with Crippen molar-refractivity contribution in [3.63, 3.8) is 0 Å². The van der Waals surface area contributed by atoms with Crippen molar-refractivity contribution in [2.24, 2.45) is 11.3 Å². The fourth-order valence-electron chi connectivity index (χ4n) is 2.47. The van der Waals surface area contributed by atoms with Gasteiger partial charge in [0.05, 0.1) is 0 Å². The van der Waals surface area contributed by atoms with Crippen molar-refractivity contribution < 1.29 is 9.59 Å². The smallest absolute Gasteiger partial charge is 0.248 e. The maximum absolute atomic E-state index is 12.6. The molecule has 0 saturated carbocycles. The number of nitrogens with one attached hydrogen (secondary N) is 1.